The van der Waals surface area contributed by atoms with Crippen LogP contribution >= 0.6 is 12.4 Å². The van der Waals surface area contributed by atoms with Crippen LogP contribution in [-0.4, -0.2) is 5.91 Å². The molecule has 0 fully saturated rings. The quantitative estimate of drug-likeness (QED) is 0.828. The number of aryl methyl sites for hydroxylation is 2. The topological polar surface area (TPSA) is 55.1 Å². The molecule has 0 spiro atoms. The molecule has 0 unspecified atom stereocenters. The van der Waals surface area contributed by atoms with E-state index in [1.54, 1.807) is 0 Å². The molecule has 1 aliphatic rings. The Bertz CT molecular complexity index is 685. The summed E-state index contributed by atoms with van der Waals surface area (Å²) in [7, 11) is 0. The first-order valence-corrected chi connectivity index (χ1v) is 7.98. The number of para-hydroxylation sites is 1. The van der Waals surface area contributed by atoms with Gasteiger partial charge < -0.3 is 11.1 Å². The molecule has 1 aliphatic carbocycles. The maximum Gasteiger partial charge on any atom is 0.224 e. The highest BCUT2D eigenvalue weighted by Gasteiger charge is 2.14. The molecule has 0 heterocycles. The molecule has 0 saturated heterocycles. The Kier molecular flexibility index (Phi) is 6.05. The van der Waals surface area contributed by atoms with Crippen LogP contribution in [0, 0.1) is 0 Å². The van der Waals surface area contributed by atoms with Crippen molar-refractivity contribution in [1.29, 1.82) is 0 Å². The van der Waals surface area contributed by atoms with E-state index in [2.05, 4.69) is 11.4 Å². The minimum absolute atomic E-state index is 0. The Morgan fingerprint density at radius 1 is 1.04 bits per heavy atom. The van der Waals surface area contributed by atoms with Crippen molar-refractivity contribution >= 4 is 29.7 Å². The minimum Gasteiger partial charge on any atom is -0.399 e. The van der Waals surface area contributed by atoms with Crippen LogP contribution in [0.1, 0.15) is 36.0 Å². The number of fused-ring (bicyclic) bond motifs is 1. The molecule has 0 bridgehead atoms. The Hall–Kier alpha value is -2.00. The van der Waals surface area contributed by atoms with Crippen molar-refractivity contribution in [3.05, 3.63) is 59.2 Å². The Balaban J connectivity index is 0.00000192. The van der Waals surface area contributed by atoms with E-state index < -0.39 is 0 Å². The predicted molar refractivity (Wildman–Crippen MR) is 98.1 cm³/mol. The molecule has 2 aromatic carbocycles. The van der Waals surface area contributed by atoms with Crippen molar-refractivity contribution in [3.63, 3.8) is 0 Å². The average Bonchev–Trinajstić information content (AvgIpc) is 2.54. The predicted octanol–water partition coefficient (Wildman–Crippen LogP) is 4.14. The van der Waals surface area contributed by atoms with Crippen molar-refractivity contribution in [3.8, 4) is 0 Å². The van der Waals surface area contributed by atoms with Gasteiger partial charge in [-0.05, 0) is 60.9 Å². The number of carbonyl (C=O) groups excluding carboxylic acids is 1. The zero-order chi connectivity index (χ0) is 15.4. The summed E-state index contributed by atoms with van der Waals surface area (Å²) < 4.78 is 0. The third-order valence-electron chi connectivity index (χ3n) is 4.35. The lowest BCUT2D eigenvalue weighted by molar-refractivity contribution is -0.116. The van der Waals surface area contributed by atoms with E-state index in [-0.39, 0.29) is 18.3 Å². The van der Waals surface area contributed by atoms with Crippen molar-refractivity contribution in [2.45, 2.75) is 38.5 Å². The van der Waals surface area contributed by atoms with E-state index in [1.165, 1.54) is 24.0 Å². The zero-order valence-corrected chi connectivity index (χ0v) is 14.0. The SMILES string of the molecule is Cl.Nc1ccccc1CCC(=O)Nc1cccc2c1CCCC2. The Morgan fingerprint density at radius 3 is 2.65 bits per heavy atom. The number of halogens is 1. The van der Waals surface area contributed by atoms with Gasteiger partial charge in [0.15, 0.2) is 0 Å². The number of anilines is 2. The molecule has 0 radical (unpaired) electrons. The van der Waals surface area contributed by atoms with Gasteiger partial charge in [-0.25, -0.2) is 0 Å². The second-order valence-electron chi connectivity index (χ2n) is 5.90. The molecule has 4 heteroatoms. The Labute approximate surface area is 143 Å². The molecule has 0 aromatic heterocycles. The first-order valence-electron chi connectivity index (χ1n) is 7.98. The lowest BCUT2D eigenvalue weighted by atomic mass is 9.90. The molecule has 0 atom stereocenters. The summed E-state index contributed by atoms with van der Waals surface area (Å²) in [4.78, 5) is 12.2. The first-order chi connectivity index (χ1) is 10.7. The van der Waals surface area contributed by atoms with Gasteiger partial charge in [0.1, 0.15) is 0 Å². The van der Waals surface area contributed by atoms with E-state index >= 15 is 0 Å². The molecular formula is C19H23ClN2O. The normalized spacial score (nSPS) is 12.9. The molecule has 23 heavy (non-hydrogen) atoms. The number of benzene rings is 2. The monoisotopic (exact) mass is 330 g/mol. The fourth-order valence-electron chi connectivity index (χ4n) is 3.12. The smallest absolute Gasteiger partial charge is 0.224 e. The highest BCUT2D eigenvalue weighted by Crippen LogP contribution is 2.28. The first kappa shape index (κ1) is 17.4. The zero-order valence-electron chi connectivity index (χ0n) is 13.2. The number of amides is 1. The molecule has 0 aliphatic heterocycles. The molecule has 2 aromatic rings. The van der Waals surface area contributed by atoms with Crippen molar-refractivity contribution in [2.24, 2.45) is 0 Å². The highest BCUT2D eigenvalue weighted by atomic mass is 35.5. The number of nitrogens with one attached hydrogen (secondary N) is 1. The van der Waals surface area contributed by atoms with Crippen LogP contribution in [0.4, 0.5) is 11.4 Å². The van der Waals surface area contributed by atoms with Crippen molar-refractivity contribution < 1.29 is 4.79 Å². The summed E-state index contributed by atoms with van der Waals surface area (Å²) >= 11 is 0. The average molecular weight is 331 g/mol. The molecule has 122 valence electrons. The number of carbonyl (C=O) groups is 1. The van der Waals surface area contributed by atoms with Crippen LogP contribution in [-0.2, 0) is 24.1 Å². The third-order valence-corrected chi connectivity index (χ3v) is 4.35. The van der Waals surface area contributed by atoms with Crippen LogP contribution in [0.3, 0.4) is 0 Å². The van der Waals surface area contributed by atoms with Crippen LogP contribution in [0.15, 0.2) is 42.5 Å². The number of nitrogens with two attached hydrogens (primary N) is 1. The Morgan fingerprint density at radius 2 is 1.83 bits per heavy atom. The van der Waals surface area contributed by atoms with Crippen molar-refractivity contribution in [2.75, 3.05) is 11.1 Å². The van der Waals surface area contributed by atoms with E-state index in [0.29, 0.717) is 12.8 Å². The molecule has 3 rings (SSSR count). The second-order valence-corrected chi connectivity index (χ2v) is 5.90. The fraction of sp³-hybridized carbons (Fsp3) is 0.316. The molecular weight excluding hydrogens is 308 g/mol. The van der Waals surface area contributed by atoms with Crippen molar-refractivity contribution in [1.82, 2.24) is 0 Å². The largest absolute Gasteiger partial charge is 0.399 e. The van der Waals surface area contributed by atoms with Crippen LogP contribution in [0.5, 0.6) is 0 Å². The van der Waals surface area contributed by atoms with Crippen LogP contribution < -0.4 is 11.1 Å². The summed E-state index contributed by atoms with van der Waals surface area (Å²) in [6, 6.07) is 13.9. The number of nitrogen functional groups attached to an aromatic ring is 1. The van der Waals surface area contributed by atoms with E-state index in [9.17, 15) is 4.79 Å². The maximum absolute atomic E-state index is 12.2. The van der Waals surface area contributed by atoms with Crippen LogP contribution in [0.2, 0.25) is 0 Å². The summed E-state index contributed by atoms with van der Waals surface area (Å²) in [6.07, 6.45) is 5.78. The molecule has 0 saturated carbocycles. The number of rotatable bonds is 4. The summed E-state index contributed by atoms with van der Waals surface area (Å²) in [5.74, 6) is 0.0576. The van der Waals surface area contributed by atoms with E-state index in [0.717, 1.165) is 29.8 Å². The van der Waals surface area contributed by atoms with E-state index in [1.807, 2.05) is 36.4 Å². The van der Waals surface area contributed by atoms with E-state index in [4.69, 9.17) is 5.73 Å². The van der Waals surface area contributed by atoms with Gasteiger partial charge in [0.05, 0.1) is 0 Å². The van der Waals surface area contributed by atoms with Gasteiger partial charge >= 0.3 is 0 Å². The standard InChI is InChI=1S/C19H22N2O.ClH/c20-17-10-4-2-7-15(17)12-13-19(22)21-18-11-5-8-14-6-1-3-9-16(14)18;/h2,4-5,7-8,10-11H,1,3,6,9,12-13,20H2,(H,21,22);1H. The molecule has 3 nitrogen and oxygen atoms in total. The van der Waals surface area contributed by atoms with Gasteiger partial charge in [0.2, 0.25) is 5.91 Å². The van der Waals surface area contributed by atoms with Gasteiger partial charge in [-0.3, -0.25) is 4.79 Å². The maximum atomic E-state index is 12.2. The molecule has 1 amide bonds. The minimum atomic E-state index is 0. The lowest BCUT2D eigenvalue weighted by Gasteiger charge is -2.19. The summed E-state index contributed by atoms with van der Waals surface area (Å²) in [5, 5.41) is 3.08. The highest BCUT2D eigenvalue weighted by molar-refractivity contribution is 5.92. The second kappa shape index (κ2) is 8.02. The summed E-state index contributed by atoms with van der Waals surface area (Å²) in [6.45, 7) is 0. The van der Waals surface area contributed by atoms with Gasteiger partial charge in [-0.1, -0.05) is 30.3 Å². The summed E-state index contributed by atoms with van der Waals surface area (Å²) in [5.41, 5.74) is 11.4. The molecule has 3 N–H and O–H groups in total. The van der Waals surface area contributed by atoms with Crippen LogP contribution in [0.25, 0.3) is 0 Å². The van der Waals surface area contributed by atoms with Gasteiger partial charge in [0.25, 0.3) is 0 Å². The van der Waals surface area contributed by atoms with Gasteiger partial charge in [0, 0.05) is 17.8 Å². The number of hydrogen-bond donors (Lipinski definition) is 2. The van der Waals surface area contributed by atoms with Gasteiger partial charge in [-0.2, -0.15) is 0 Å². The fourth-order valence-corrected chi connectivity index (χ4v) is 3.12. The van der Waals surface area contributed by atoms with Gasteiger partial charge in [-0.15, -0.1) is 12.4 Å². The number of hydrogen-bond acceptors (Lipinski definition) is 2. The lowest BCUT2D eigenvalue weighted by Crippen LogP contribution is -2.16. The third kappa shape index (κ3) is 4.26.